The Balaban J connectivity index is 1.51. The average molecular weight is 427 g/mol. The van der Waals surface area contributed by atoms with E-state index in [-0.39, 0.29) is 5.91 Å². The number of hydrogen-bond acceptors (Lipinski definition) is 5. The molecule has 0 atom stereocenters. The maximum atomic E-state index is 12.3. The Hall–Kier alpha value is -2.41. The van der Waals surface area contributed by atoms with Gasteiger partial charge in [0.25, 0.3) is 5.91 Å². The maximum Gasteiger partial charge on any atom is 0.264 e. The van der Waals surface area contributed by atoms with Crippen LogP contribution in [0.1, 0.15) is 11.3 Å². The second kappa shape index (κ2) is 8.31. The van der Waals surface area contributed by atoms with E-state index in [1.165, 1.54) is 23.5 Å². The predicted octanol–water partition coefficient (Wildman–Crippen LogP) is 6.28. The van der Waals surface area contributed by atoms with Crippen molar-refractivity contribution in [3.63, 3.8) is 0 Å². The number of thioether (sulfide) groups is 1. The molecule has 28 heavy (non-hydrogen) atoms. The lowest BCUT2D eigenvalue weighted by Gasteiger charge is -2.02. The van der Waals surface area contributed by atoms with Gasteiger partial charge in [0.2, 0.25) is 0 Å². The van der Waals surface area contributed by atoms with Crippen LogP contribution < -0.4 is 5.32 Å². The fourth-order valence-corrected chi connectivity index (χ4v) is 4.29. The molecule has 2 heterocycles. The molecule has 0 aliphatic carbocycles. The van der Waals surface area contributed by atoms with Crippen molar-refractivity contribution in [3.8, 4) is 0 Å². The summed E-state index contributed by atoms with van der Waals surface area (Å²) in [7, 11) is 0. The molecule has 0 unspecified atom stereocenters. The van der Waals surface area contributed by atoms with Gasteiger partial charge in [-0.2, -0.15) is 0 Å². The van der Waals surface area contributed by atoms with Crippen molar-refractivity contribution < 1.29 is 9.21 Å². The van der Waals surface area contributed by atoms with Crippen LogP contribution in [-0.4, -0.2) is 11.1 Å². The molecule has 1 aromatic heterocycles. The summed E-state index contributed by atoms with van der Waals surface area (Å²) in [6, 6.07) is 19.2. The summed E-state index contributed by atoms with van der Waals surface area (Å²) in [5.41, 5.74) is 1.61. The van der Waals surface area contributed by atoms with Gasteiger partial charge >= 0.3 is 0 Å². The molecule has 2 aromatic carbocycles. The minimum absolute atomic E-state index is 0.197. The zero-order chi connectivity index (χ0) is 19.5. The molecule has 0 radical (unpaired) electrons. The normalized spacial score (nSPS) is 16.7. The number of rotatable bonds is 4. The molecule has 0 saturated carbocycles. The van der Waals surface area contributed by atoms with Crippen LogP contribution in [-0.2, 0) is 4.79 Å². The van der Waals surface area contributed by atoms with Crippen molar-refractivity contribution in [2.75, 3.05) is 0 Å². The van der Waals surface area contributed by atoms with Gasteiger partial charge in [-0.05, 0) is 60.6 Å². The number of aliphatic imine (C=N–C) groups is 1. The van der Waals surface area contributed by atoms with Gasteiger partial charge in [0, 0.05) is 16.0 Å². The Kier molecular flexibility index (Phi) is 5.62. The lowest BCUT2D eigenvalue weighted by molar-refractivity contribution is -0.115. The van der Waals surface area contributed by atoms with Crippen molar-refractivity contribution >= 4 is 58.0 Å². The molecule has 0 spiro atoms. The van der Waals surface area contributed by atoms with E-state index in [1.54, 1.807) is 6.08 Å². The minimum Gasteiger partial charge on any atom is -0.450 e. The van der Waals surface area contributed by atoms with E-state index >= 15 is 0 Å². The van der Waals surface area contributed by atoms with Crippen LogP contribution in [0, 0.1) is 6.92 Å². The quantitative estimate of drug-likeness (QED) is 0.498. The van der Waals surface area contributed by atoms with Gasteiger partial charge in [0.15, 0.2) is 10.3 Å². The minimum atomic E-state index is -0.197. The van der Waals surface area contributed by atoms with Crippen molar-refractivity contribution in [3.05, 3.63) is 81.9 Å². The van der Waals surface area contributed by atoms with Gasteiger partial charge in [-0.15, -0.1) is 0 Å². The third kappa shape index (κ3) is 4.35. The number of carbonyl (C=O) groups is 1. The van der Waals surface area contributed by atoms with E-state index in [4.69, 9.17) is 16.0 Å². The largest absolute Gasteiger partial charge is 0.450 e. The molecule has 0 bridgehead atoms. The van der Waals surface area contributed by atoms with Crippen LogP contribution in [0.5, 0.6) is 0 Å². The number of carbonyl (C=O) groups excluding carboxylic acids is 1. The highest BCUT2D eigenvalue weighted by Crippen LogP contribution is 2.33. The van der Waals surface area contributed by atoms with E-state index in [9.17, 15) is 4.79 Å². The van der Waals surface area contributed by atoms with Crippen LogP contribution in [0.4, 0.5) is 5.69 Å². The van der Waals surface area contributed by atoms with Crippen LogP contribution in [0.15, 0.2) is 85.0 Å². The molecule has 140 valence electrons. The molecule has 1 N–H and O–H groups in total. The first-order valence-electron chi connectivity index (χ1n) is 8.46. The summed E-state index contributed by atoms with van der Waals surface area (Å²) in [4.78, 5) is 18.4. The van der Waals surface area contributed by atoms with Crippen LogP contribution in [0.3, 0.4) is 0 Å². The number of amidine groups is 1. The molecule has 7 heteroatoms. The van der Waals surface area contributed by atoms with Gasteiger partial charge in [-0.25, -0.2) is 4.99 Å². The zero-order valence-corrected chi connectivity index (χ0v) is 17.2. The molecular weight excluding hydrogens is 412 g/mol. The van der Waals surface area contributed by atoms with Crippen LogP contribution >= 0.6 is 35.1 Å². The number of benzene rings is 2. The van der Waals surface area contributed by atoms with E-state index in [1.807, 2.05) is 67.6 Å². The molecule has 3 aromatic rings. The van der Waals surface area contributed by atoms with Crippen molar-refractivity contribution in [1.82, 2.24) is 5.32 Å². The highest BCUT2D eigenvalue weighted by molar-refractivity contribution is 8.18. The van der Waals surface area contributed by atoms with Crippen molar-refractivity contribution in [2.45, 2.75) is 16.9 Å². The van der Waals surface area contributed by atoms with Crippen LogP contribution in [0.25, 0.3) is 6.08 Å². The van der Waals surface area contributed by atoms with Crippen LogP contribution in [0.2, 0.25) is 5.02 Å². The van der Waals surface area contributed by atoms with Crippen molar-refractivity contribution in [1.29, 1.82) is 0 Å². The molecule has 1 saturated heterocycles. The smallest absolute Gasteiger partial charge is 0.264 e. The first-order valence-corrected chi connectivity index (χ1v) is 10.5. The predicted molar refractivity (Wildman–Crippen MR) is 116 cm³/mol. The van der Waals surface area contributed by atoms with E-state index in [0.29, 0.717) is 20.9 Å². The summed E-state index contributed by atoms with van der Waals surface area (Å²) in [6.45, 7) is 1.90. The SMILES string of the molecule is Cc1c(Cl)cccc1N=C1NC(=O)/C(=C/c2ccc(Sc3ccccc3)o2)S1. The fraction of sp³-hybridized carbons (Fsp3) is 0.0476. The maximum absolute atomic E-state index is 12.3. The second-order valence-electron chi connectivity index (χ2n) is 5.94. The first-order chi connectivity index (χ1) is 13.6. The highest BCUT2D eigenvalue weighted by atomic mass is 35.5. The molecule has 1 fully saturated rings. The lowest BCUT2D eigenvalue weighted by Crippen LogP contribution is -2.19. The van der Waals surface area contributed by atoms with E-state index in [2.05, 4.69) is 10.3 Å². The van der Waals surface area contributed by atoms with Gasteiger partial charge in [-0.1, -0.05) is 47.6 Å². The summed E-state index contributed by atoms with van der Waals surface area (Å²) in [5.74, 6) is 0.424. The second-order valence-corrected chi connectivity index (χ2v) is 8.45. The number of nitrogens with zero attached hydrogens (tertiary/aromatic N) is 1. The molecule has 4 nitrogen and oxygen atoms in total. The Bertz CT molecular complexity index is 1090. The lowest BCUT2D eigenvalue weighted by atomic mass is 10.2. The number of nitrogens with one attached hydrogen (secondary N) is 1. The topological polar surface area (TPSA) is 54.6 Å². The third-order valence-corrected chi connectivity index (χ3v) is 6.20. The first kappa shape index (κ1) is 18.9. The summed E-state index contributed by atoms with van der Waals surface area (Å²) >= 11 is 8.94. The number of hydrogen-bond donors (Lipinski definition) is 1. The standard InChI is InChI=1S/C21H15ClN2O2S2/c1-13-16(22)8-5-9-17(13)23-21-24-20(25)18(28-21)12-14-10-11-19(26-14)27-15-6-3-2-4-7-15/h2-12H,1H3,(H,23,24,25)/b18-12-. The van der Waals surface area contributed by atoms with Crippen molar-refractivity contribution in [2.24, 2.45) is 4.99 Å². The Labute approximate surface area is 176 Å². The number of halogens is 1. The van der Waals surface area contributed by atoms with Gasteiger partial charge in [0.05, 0.1) is 10.6 Å². The van der Waals surface area contributed by atoms with Gasteiger partial charge in [0.1, 0.15) is 5.76 Å². The Morgan fingerprint density at radius 1 is 1.11 bits per heavy atom. The number of furan rings is 1. The molecule has 1 amide bonds. The molecule has 4 rings (SSSR count). The fourth-order valence-electron chi connectivity index (χ4n) is 2.51. The zero-order valence-electron chi connectivity index (χ0n) is 14.8. The van der Waals surface area contributed by atoms with Gasteiger partial charge in [-0.3, -0.25) is 4.79 Å². The summed E-state index contributed by atoms with van der Waals surface area (Å²) < 4.78 is 5.82. The van der Waals surface area contributed by atoms with Gasteiger partial charge < -0.3 is 9.73 Å². The molecular formula is C21H15ClN2O2S2. The van der Waals surface area contributed by atoms with E-state index < -0.39 is 0 Å². The summed E-state index contributed by atoms with van der Waals surface area (Å²) in [5, 5.41) is 4.72. The van der Waals surface area contributed by atoms with E-state index in [0.717, 1.165) is 21.2 Å². The monoisotopic (exact) mass is 426 g/mol. The summed E-state index contributed by atoms with van der Waals surface area (Å²) in [6.07, 6.45) is 1.72. The Morgan fingerprint density at radius 3 is 2.75 bits per heavy atom. The third-order valence-electron chi connectivity index (χ3n) is 3.95. The average Bonchev–Trinajstić information content (AvgIpc) is 3.26. The highest BCUT2D eigenvalue weighted by Gasteiger charge is 2.24. The Morgan fingerprint density at radius 2 is 1.93 bits per heavy atom. The molecule has 1 aliphatic heterocycles. The molecule has 1 aliphatic rings. The number of amides is 1.